The first-order valence-corrected chi connectivity index (χ1v) is 7.78. The van der Waals surface area contributed by atoms with Gasteiger partial charge in [-0.15, -0.1) is 0 Å². The summed E-state index contributed by atoms with van der Waals surface area (Å²) < 4.78 is 31.9. The highest BCUT2D eigenvalue weighted by molar-refractivity contribution is 7.89. The number of benzene rings is 1. The number of nitrogen functional groups attached to an aromatic ring is 1. The molecule has 0 unspecified atom stereocenters. The molecule has 0 saturated carbocycles. The lowest BCUT2D eigenvalue weighted by Gasteiger charge is -2.20. The van der Waals surface area contributed by atoms with Crippen molar-refractivity contribution in [2.24, 2.45) is 0 Å². The molecule has 0 fully saturated rings. The van der Waals surface area contributed by atoms with Gasteiger partial charge in [0.05, 0.1) is 17.7 Å². The summed E-state index contributed by atoms with van der Waals surface area (Å²) in [6.07, 6.45) is 1.53. The Morgan fingerprint density at radius 1 is 1.30 bits per heavy atom. The molecule has 5 nitrogen and oxygen atoms in total. The minimum absolute atomic E-state index is 0.218. The first kappa shape index (κ1) is 14.6. The Labute approximate surface area is 119 Å². The fourth-order valence-electron chi connectivity index (χ4n) is 2.04. The van der Waals surface area contributed by atoms with Gasteiger partial charge in [-0.2, -0.15) is 4.31 Å². The van der Waals surface area contributed by atoms with Crippen LogP contribution in [0.3, 0.4) is 0 Å². The molecule has 6 heteroatoms. The molecule has 0 aliphatic heterocycles. The molecule has 0 aliphatic rings. The number of furan rings is 1. The maximum atomic E-state index is 12.7. The molecule has 1 heterocycles. The molecule has 0 amide bonds. The Morgan fingerprint density at radius 3 is 2.60 bits per heavy atom. The van der Waals surface area contributed by atoms with Gasteiger partial charge in [-0.25, -0.2) is 8.42 Å². The third kappa shape index (κ3) is 2.86. The lowest BCUT2D eigenvalue weighted by atomic mass is 10.2. The van der Waals surface area contributed by atoms with E-state index >= 15 is 0 Å². The van der Waals surface area contributed by atoms with Crippen LogP contribution >= 0.6 is 0 Å². The van der Waals surface area contributed by atoms with Gasteiger partial charge in [-0.05, 0) is 42.8 Å². The zero-order valence-electron chi connectivity index (χ0n) is 11.5. The van der Waals surface area contributed by atoms with E-state index in [-0.39, 0.29) is 11.4 Å². The van der Waals surface area contributed by atoms with Crippen molar-refractivity contribution in [3.63, 3.8) is 0 Å². The molecule has 0 radical (unpaired) electrons. The Morgan fingerprint density at radius 2 is 2.05 bits per heavy atom. The largest absolute Gasteiger partial charge is 0.468 e. The van der Waals surface area contributed by atoms with Crippen molar-refractivity contribution in [2.45, 2.75) is 25.3 Å². The van der Waals surface area contributed by atoms with E-state index in [1.165, 1.54) is 10.6 Å². The van der Waals surface area contributed by atoms with Crippen molar-refractivity contribution in [2.75, 3.05) is 12.3 Å². The zero-order chi connectivity index (χ0) is 14.8. The van der Waals surface area contributed by atoms with E-state index in [2.05, 4.69) is 0 Å². The number of anilines is 1. The summed E-state index contributed by atoms with van der Waals surface area (Å²) in [7, 11) is -3.56. The fraction of sp³-hybridized carbons (Fsp3) is 0.286. The number of aryl methyl sites for hydroxylation is 1. The Balaban J connectivity index is 2.36. The van der Waals surface area contributed by atoms with Crippen LogP contribution in [0, 0.1) is 6.92 Å². The normalized spacial score (nSPS) is 11.9. The molecule has 2 aromatic rings. The van der Waals surface area contributed by atoms with Gasteiger partial charge in [-0.1, -0.05) is 6.92 Å². The van der Waals surface area contributed by atoms with Crippen LogP contribution in [-0.4, -0.2) is 19.3 Å². The molecule has 108 valence electrons. The molecule has 0 atom stereocenters. The topological polar surface area (TPSA) is 76.5 Å². The quantitative estimate of drug-likeness (QED) is 0.859. The standard InChI is InChI=1S/C14H18N2O3S/c1-3-16(10-13-5-4-8-19-13)20(17,18)14-7-6-12(15)9-11(14)2/h4-9H,3,10,15H2,1-2H3. The maximum absolute atomic E-state index is 12.7. The zero-order valence-corrected chi connectivity index (χ0v) is 12.4. The van der Waals surface area contributed by atoms with Crippen LogP contribution in [0.15, 0.2) is 45.9 Å². The second kappa shape index (κ2) is 5.68. The maximum Gasteiger partial charge on any atom is 0.243 e. The number of hydrogen-bond donors (Lipinski definition) is 1. The SMILES string of the molecule is CCN(Cc1ccco1)S(=O)(=O)c1ccc(N)cc1C. The monoisotopic (exact) mass is 294 g/mol. The van der Waals surface area contributed by atoms with E-state index in [9.17, 15) is 8.42 Å². The van der Waals surface area contributed by atoms with E-state index in [0.29, 0.717) is 23.6 Å². The minimum atomic E-state index is -3.56. The summed E-state index contributed by atoms with van der Waals surface area (Å²) in [6.45, 7) is 4.12. The second-order valence-electron chi connectivity index (χ2n) is 4.54. The summed E-state index contributed by atoms with van der Waals surface area (Å²) in [5, 5.41) is 0. The number of nitrogens with zero attached hydrogens (tertiary/aromatic N) is 1. The summed E-state index contributed by atoms with van der Waals surface area (Å²) in [6, 6.07) is 8.30. The summed E-state index contributed by atoms with van der Waals surface area (Å²) in [4.78, 5) is 0.278. The van der Waals surface area contributed by atoms with E-state index in [1.807, 2.05) is 0 Å². The van der Waals surface area contributed by atoms with E-state index in [1.54, 1.807) is 44.2 Å². The molecule has 1 aromatic carbocycles. The molecule has 0 bridgehead atoms. The Bertz CT molecular complexity index is 678. The van der Waals surface area contributed by atoms with Gasteiger partial charge in [0.15, 0.2) is 0 Å². The predicted molar refractivity (Wildman–Crippen MR) is 77.6 cm³/mol. The van der Waals surface area contributed by atoms with Crippen LogP contribution in [0.1, 0.15) is 18.2 Å². The van der Waals surface area contributed by atoms with E-state index in [0.717, 1.165) is 0 Å². The van der Waals surface area contributed by atoms with Crippen LogP contribution in [0.4, 0.5) is 5.69 Å². The third-order valence-electron chi connectivity index (χ3n) is 3.08. The van der Waals surface area contributed by atoms with Crippen molar-refractivity contribution in [3.05, 3.63) is 47.9 Å². The van der Waals surface area contributed by atoms with Gasteiger partial charge in [-0.3, -0.25) is 0 Å². The molecule has 1 aromatic heterocycles. The molecule has 2 rings (SSSR count). The fourth-order valence-corrected chi connectivity index (χ4v) is 3.67. The number of sulfonamides is 1. The second-order valence-corrected chi connectivity index (χ2v) is 6.44. The van der Waals surface area contributed by atoms with Crippen LogP contribution in [-0.2, 0) is 16.6 Å². The van der Waals surface area contributed by atoms with E-state index < -0.39 is 10.0 Å². The van der Waals surface area contributed by atoms with Gasteiger partial charge >= 0.3 is 0 Å². The van der Waals surface area contributed by atoms with Crippen molar-refractivity contribution >= 4 is 15.7 Å². The molecule has 0 saturated heterocycles. The molecule has 0 aliphatic carbocycles. The molecule has 20 heavy (non-hydrogen) atoms. The van der Waals surface area contributed by atoms with Crippen LogP contribution in [0.5, 0.6) is 0 Å². The highest BCUT2D eigenvalue weighted by Gasteiger charge is 2.25. The minimum Gasteiger partial charge on any atom is -0.468 e. The van der Waals surface area contributed by atoms with Gasteiger partial charge in [0.1, 0.15) is 5.76 Å². The van der Waals surface area contributed by atoms with Crippen molar-refractivity contribution in [3.8, 4) is 0 Å². The first-order valence-electron chi connectivity index (χ1n) is 6.34. The Kier molecular flexibility index (Phi) is 4.15. The van der Waals surface area contributed by atoms with Gasteiger partial charge < -0.3 is 10.2 Å². The van der Waals surface area contributed by atoms with Crippen molar-refractivity contribution in [1.82, 2.24) is 4.31 Å². The molecule has 0 spiro atoms. The third-order valence-corrected chi connectivity index (χ3v) is 5.16. The van der Waals surface area contributed by atoms with E-state index in [4.69, 9.17) is 10.2 Å². The highest BCUT2D eigenvalue weighted by Crippen LogP contribution is 2.23. The number of nitrogens with two attached hydrogens (primary N) is 1. The van der Waals surface area contributed by atoms with Gasteiger partial charge in [0, 0.05) is 12.2 Å². The predicted octanol–water partition coefficient (Wildman–Crippen LogP) is 2.38. The van der Waals surface area contributed by atoms with Gasteiger partial charge in [0.2, 0.25) is 10.0 Å². The lowest BCUT2D eigenvalue weighted by molar-refractivity contribution is 0.375. The summed E-state index contributed by atoms with van der Waals surface area (Å²) >= 11 is 0. The van der Waals surface area contributed by atoms with Crippen LogP contribution < -0.4 is 5.73 Å². The average molecular weight is 294 g/mol. The Hall–Kier alpha value is -1.79. The van der Waals surface area contributed by atoms with Crippen LogP contribution in [0.25, 0.3) is 0 Å². The molecular weight excluding hydrogens is 276 g/mol. The first-order chi connectivity index (χ1) is 9.45. The average Bonchev–Trinajstić information content (AvgIpc) is 2.88. The summed E-state index contributed by atoms with van der Waals surface area (Å²) in [5.41, 5.74) is 6.86. The molecule has 2 N–H and O–H groups in total. The summed E-state index contributed by atoms with van der Waals surface area (Å²) in [5.74, 6) is 0.614. The smallest absolute Gasteiger partial charge is 0.243 e. The molecular formula is C14H18N2O3S. The van der Waals surface area contributed by atoms with Crippen LogP contribution in [0.2, 0.25) is 0 Å². The number of rotatable bonds is 5. The van der Waals surface area contributed by atoms with Crippen molar-refractivity contribution in [1.29, 1.82) is 0 Å². The lowest BCUT2D eigenvalue weighted by Crippen LogP contribution is -2.30. The highest BCUT2D eigenvalue weighted by atomic mass is 32.2. The van der Waals surface area contributed by atoms with Gasteiger partial charge in [0.25, 0.3) is 0 Å². The van der Waals surface area contributed by atoms with Crippen molar-refractivity contribution < 1.29 is 12.8 Å². The number of hydrogen-bond acceptors (Lipinski definition) is 4.